The van der Waals surface area contributed by atoms with Crippen LogP contribution in [0, 0.1) is 0 Å². The summed E-state index contributed by atoms with van der Waals surface area (Å²) in [5.74, 6) is 0. The number of hydrogen-bond acceptors (Lipinski definition) is 4. The molecule has 4 rings (SSSR count). The van der Waals surface area contributed by atoms with Crippen LogP contribution >= 0.6 is 0 Å². The van der Waals surface area contributed by atoms with Crippen LogP contribution in [0.3, 0.4) is 0 Å². The normalized spacial score (nSPS) is 11.6. The summed E-state index contributed by atoms with van der Waals surface area (Å²) in [5.41, 5.74) is 2.57. The maximum Gasteiger partial charge on any atom is 0.243 e. The summed E-state index contributed by atoms with van der Waals surface area (Å²) in [6, 6.07) is 21.0. The van der Waals surface area contributed by atoms with Gasteiger partial charge in [-0.05, 0) is 30.3 Å². The third kappa shape index (κ3) is 4.03. The van der Waals surface area contributed by atoms with E-state index in [-0.39, 0.29) is 11.4 Å². The molecular weight excluding hydrogens is 374 g/mol. The van der Waals surface area contributed by atoms with Crippen molar-refractivity contribution < 1.29 is 8.42 Å². The molecule has 142 valence electrons. The molecule has 0 saturated heterocycles. The van der Waals surface area contributed by atoms with Crippen LogP contribution < -0.4 is 4.72 Å². The second-order valence-corrected chi connectivity index (χ2v) is 7.96. The molecule has 0 atom stereocenters. The van der Waals surface area contributed by atoms with Crippen molar-refractivity contribution in [1.29, 1.82) is 0 Å². The number of benzene rings is 2. The summed E-state index contributed by atoms with van der Waals surface area (Å²) >= 11 is 0. The minimum Gasteiger partial charge on any atom is -0.241 e. The molecule has 2 aromatic heterocycles. The second-order valence-electron chi connectivity index (χ2n) is 6.19. The van der Waals surface area contributed by atoms with Gasteiger partial charge < -0.3 is 0 Å². The number of para-hydroxylation sites is 2. The van der Waals surface area contributed by atoms with E-state index in [1.165, 1.54) is 17.1 Å². The first-order chi connectivity index (χ1) is 13.6. The average Bonchev–Trinajstić information content (AvgIpc) is 3.40. The van der Waals surface area contributed by atoms with Gasteiger partial charge in [-0.1, -0.05) is 36.4 Å². The van der Waals surface area contributed by atoms with E-state index in [1.807, 2.05) is 72.9 Å². The smallest absolute Gasteiger partial charge is 0.241 e. The number of sulfonamides is 1. The molecule has 0 spiro atoms. The van der Waals surface area contributed by atoms with E-state index in [4.69, 9.17) is 0 Å². The van der Waals surface area contributed by atoms with Gasteiger partial charge in [0.2, 0.25) is 10.0 Å². The highest BCUT2D eigenvalue weighted by atomic mass is 32.2. The summed E-state index contributed by atoms with van der Waals surface area (Å²) < 4.78 is 30.9. The van der Waals surface area contributed by atoms with Gasteiger partial charge in [0.1, 0.15) is 4.90 Å². The Hall–Kier alpha value is -3.23. The van der Waals surface area contributed by atoms with E-state index in [9.17, 15) is 8.42 Å². The van der Waals surface area contributed by atoms with Crippen LogP contribution in [0.1, 0.15) is 5.69 Å². The van der Waals surface area contributed by atoms with Crippen LogP contribution in [0.25, 0.3) is 11.4 Å². The van der Waals surface area contributed by atoms with Crippen molar-refractivity contribution in [3.8, 4) is 11.4 Å². The zero-order chi connectivity index (χ0) is 19.4. The highest BCUT2D eigenvalue weighted by molar-refractivity contribution is 7.89. The largest absolute Gasteiger partial charge is 0.243 e. The van der Waals surface area contributed by atoms with Gasteiger partial charge in [0, 0.05) is 19.2 Å². The van der Waals surface area contributed by atoms with E-state index in [0.29, 0.717) is 6.42 Å². The van der Waals surface area contributed by atoms with Crippen LogP contribution in [0.4, 0.5) is 0 Å². The molecule has 0 aliphatic carbocycles. The monoisotopic (exact) mass is 393 g/mol. The lowest BCUT2D eigenvalue weighted by Gasteiger charge is -2.04. The summed E-state index contributed by atoms with van der Waals surface area (Å²) in [7, 11) is -3.63. The Balaban J connectivity index is 1.38. The Bertz CT molecular complexity index is 1150. The topological polar surface area (TPSA) is 81.8 Å². The molecule has 0 radical (unpaired) electrons. The Kier molecular flexibility index (Phi) is 5.05. The van der Waals surface area contributed by atoms with Crippen molar-refractivity contribution >= 4 is 10.0 Å². The average molecular weight is 393 g/mol. The molecule has 0 saturated carbocycles. The molecule has 0 amide bonds. The highest BCUT2D eigenvalue weighted by Gasteiger charge is 2.16. The SMILES string of the molecule is O=S(=O)(NCCc1ccn(-c2ccccc2)n1)c1cnn(-c2ccccc2)c1. The summed E-state index contributed by atoms with van der Waals surface area (Å²) in [6.07, 6.45) is 5.20. The zero-order valence-corrected chi connectivity index (χ0v) is 15.8. The first-order valence-electron chi connectivity index (χ1n) is 8.81. The first kappa shape index (κ1) is 18.1. The molecule has 0 aliphatic heterocycles. The maximum atomic E-state index is 12.5. The van der Waals surface area contributed by atoms with E-state index in [2.05, 4.69) is 14.9 Å². The summed E-state index contributed by atoms with van der Waals surface area (Å²) in [5, 5.41) is 8.62. The molecule has 7 nitrogen and oxygen atoms in total. The number of aromatic nitrogens is 4. The van der Waals surface area contributed by atoms with E-state index >= 15 is 0 Å². The fourth-order valence-corrected chi connectivity index (χ4v) is 3.75. The minimum absolute atomic E-state index is 0.131. The lowest BCUT2D eigenvalue weighted by molar-refractivity contribution is 0.581. The molecule has 0 fully saturated rings. The van der Waals surface area contributed by atoms with Gasteiger partial charge >= 0.3 is 0 Å². The molecular formula is C20H19N5O2S. The minimum atomic E-state index is -3.63. The molecule has 2 heterocycles. The molecule has 2 aromatic carbocycles. The Morgan fingerprint density at radius 3 is 2.18 bits per heavy atom. The van der Waals surface area contributed by atoms with Crippen molar-refractivity contribution in [2.75, 3.05) is 6.54 Å². The summed E-state index contributed by atoms with van der Waals surface area (Å²) in [6.45, 7) is 0.255. The first-order valence-corrected chi connectivity index (χ1v) is 10.3. The van der Waals surface area contributed by atoms with Gasteiger partial charge in [-0.3, -0.25) is 0 Å². The van der Waals surface area contributed by atoms with Crippen molar-refractivity contribution in [2.24, 2.45) is 0 Å². The van der Waals surface area contributed by atoms with E-state index < -0.39 is 10.0 Å². The van der Waals surface area contributed by atoms with Gasteiger partial charge in [0.15, 0.2) is 0 Å². The van der Waals surface area contributed by atoms with Crippen LogP contribution in [0.15, 0.2) is 90.2 Å². The Labute approximate surface area is 163 Å². The highest BCUT2D eigenvalue weighted by Crippen LogP contribution is 2.12. The molecule has 1 N–H and O–H groups in total. The van der Waals surface area contributed by atoms with Gasteiger partial charge in [-0.15, -0.1) is 0 Å². The molecule has 0 bridgehead atoms. The maximum absolute atomic E-state index is 12.5. The van der Waals surface area contributed by atoms with Crippen molar-refractivity contribution in [3.63, 3.8) is 0 Å². The van der Waals surface area contributed by atoms with Gasteiger partial charge in [-0.2, -0.15) is 10.2 Å². The van der Waals surface area contributed by atoms with Crippen LogP contribution in [0.5, 0.6) is 0 Å². The molecule has 28 heavy (non-hydrogen) atoms. The zero-order valence-electron chi connectivity index (χ0n) is 15.0. The predicted octanol–water partition coefficient (Wildman–Crippen LogP) is 2.58. The lowest BCUT2D eigenvalue weighted by Crippen LogP contribution is -2.25. The number of nitrogens with one attached hydrogen (secondary N) is 1. The number of nitrogens with zero attached hydrogens (tertiary/aromatic N) is 4. The third-order valence-electron chi connectivity index (χ3n) is 4.23. The fourth-order valence-electron chi connectivity index (χ4n) is 2.78. The summed E-state index contributed by atoms with van der Waals surface area (Å²) in [4.78, 5) is 0.131. The molecule has 4 aromatic rings. The lowest BCUT2D eigenvalue weighted by atomic mass is 10.3. The number of hydrogen-bond donors (Lipinski definition) is 1. The van der Waals surface area contributed by atoms with Crippen LogP contribution in [-0.4, -0.2) is 34.5 Å². The predicted molar refractivity (Wildman–Crippen MR) is 106 cm³/mol. The Morgan fingerprint density at radius 2 is 1.50 bits per heavy atom. The third-order valence-corrected chi connectivity index (χ3v) is 5.64. The fraction of sp³-hybridized carbons (Fsp3) is 0.100. The van der Waals surface area contributed by atoms with Gasteiger partial charge in [0.25, 0.3) is 0 Å². The Morgan fingerprint density at radius 1 is 0.857 bits per heavy atom. The van der Waals surface area contributed by atoms with E-state index in [1.54, 1.807) is 4.68 Å². The van der Waals surface area contributed by atoms with Crippen molar-refractivity contribution in [2.45, 2.75) is 11.3 Å². The quantitative estimate of drug-likeness (QED) is 0.523. The van der Waals surface area contributed by atoms with Crippen molar-refractivity contribution in [1.82, 2.24) is 24.3 Å². The standard InChI is InChI=1S/C20H19N5O2S/c26-28(27,20-15-21-25(16-20)19-9-5-2-6-10-19)22-13-11-17-12-14-24(23-17)18-7-3-1-4-8-18/h1-10,12,14-16,22H,11,13H2. The van der Waals surface area contributed by atoms with Crippen molar-refractivity contribution in [3.05, 3.63) is 91.0 Å². The van der Waals surface area contributed by atoms with Gasteiger partial charge in [0.05, 0.1) is 29.5 Å². The molecule has 8 heteroatoms. The van der Waals surface area contributed by atoms with Crippen LogP contribution in [-0.2, 0) is 16.4 Å². The second kappa shape index (κ2) is 7.79. The molecule has 0 unspecified atom stereocenters. The number of rotatable bonds is 7. The van der Waals surface area contributed by atoms with Crippen LogP contribution in [0.2, 0.25) is 0 Å². The molecule has 0 aliphatic rings. The van der Waals surface area contributed by atoms with E-state index in [0.717, 1.165) is 17.1 Å². The van der Waals surface area contributed by atoms with Gasteiger partial charge in [-0.25, -0.2) is 22.5 Å².